The predicted molar refractivity (Wildman–Crippen MR) is 63.6 cm³/mol. The molecule has 0 aromatic heterocycles. The van der Waals surface area contributed by atoms with Crippen molar-refractivity contribution >= 4 is 17.7 Å². The number of hydrogen-bond acceptors (Lipinski definition) is 4. The quantitative estimate of drug-likeness (QED) is 0.496. The highest BCUT2D eigenvalue weighted by atomic mass is 16.2. The number of hydrogen-bond donors (Lipinski definition) is 3. The maximum Gasteiger partial charge on any atom is 0.245 e. The molecule has 2 saturated heterocycles. The van der Waals surface area contributed by atoms with E-state index >= 15 is 0 Å². The summed E-state index contributed by atoms with van der Waals surface area (Å²) in [5.74, 6) is -0.411. The van der Waals surface area contributed by atoms with E-state index in [1.165, 1.54) is 0 Å². The van der Waals surface area contributed by atoms with Crippen LogP contribution >= 0.6 is 0 Å². The minimum Gasteiger partial charge on any atom is -0.353 e. The monoisotopic (exact) mass is 254 g/mol. The van der Waals surface area contributed by atoms with Crippen LogP contribution in [0, 0.1) is 0 Å². The molecule has 0 aliphatic carbocycles. The second-order valence-corrected chi connectivity index (χ2v) is 5.04. The van der Waals surface area contributed by atoms with Crippen LogP contribution in [0.3, 0.4) is 0 Å². The highest BCUT2D eigenvalue weighted by Crippen LogP contribution is 2.18. The Morgan fingerprint density at radius 2 is 2.06 bits per heavy atom. The van der Waals surface area contributed by atoms with E-state index in [4.69, 9.17) is 0 Å². The third-order valence-corrected chi connectivity index (χ3v) is 3.43. The van der Waals surface area contributed by atoms with Gasteiger partial charge in [0.25, 0.3) is 0 Å². The lowest BCUT2D eigenvalue weighted by atomic mass is 9.97. The van der Waals surface area contributed by atoms with Gasteiger partial charge >= 0.3 is 0 Å². The van der Waals surface area contributed by atoms with Crippen molar-refractivity contribution in [2.45, 2.75) is 25.4 Å². The lowest BCUT2D eigenvalue weighted by molar-refractivity contribution is -0.151. The molecular formula is C11H18N4O3. The average Bonchev–Trinajstić information content (AvgIpc) is 2.33. The first-order chi connectivity index (χ1) is 8.43. The molecule has 2 rings (SSSR count). The van der Waals surface area contributed by atoms with Gasteiger partial charge in [0, 0.05) is 19.6 Å². The fourth-order valence-electron chi connectivity index (χ4n) is 2.21. The number of nitrogens with zero attached hydrogens (tertiary/aromatic N) is 1. The van der Waals surface area contributed by atoms with Gasteiger partial charge in [-0.15, -0.1) is 0 Å². The summed E-state index contributed by atoms with van der Waals surface area (Å²) in [6, 6.07) is -0.451. The number of piperazine rings is 2. The van der Waals surface area contributed by atoms with Gasteiger partial charge in [0.05, 0.1) is 6.54 Å². The first-order valence-corrected chi connectivity index (χ1v) is 6.03. The number of carbonyl (C=O) groups is 3. The molecule has 2 fully saturated rings. The van der Waals surface area contributed by atoms with E-state index in [0.29, 0.717) is 13.1 Å². The van der Waals surface area contributed by atoms with Crippen LogP contribution in [-0.2, 0) is 14.4 Å². The standard InChI is InChI=1S/C11H18N4O3/c1-11(2)10(18)12-3-4-15(11)9(17)7-5-14-8(16)6-13-7/h7,13H,3-6H2,1-2H3,(H,12,18)(H,14,16). The topological polar surface area (TPSA) is 90.5 Å². The Morgan fingerprint density at radius 3 is 2.67 bits per heavy atom. The van der Waals surface area contributed by atoms with Crippen molar-refractivity contribution in [2.24, 2.45) is 0 Å². The Hall–Kier alpha value is -1.63. The zero-order valence-corrected chi connectivity index (χ0v) is 10.6. The fourth-order valence-corrected chi connectivity index (χ4v) is 2.21. The molecule has 3 N–H and O–H groups in total. The van der Waals surface area contributed by atoms with E-state index in [1.807, 2.05) is 0 Å². The Morgan fingerprint density at radius 1 is 1.33 bits per heavy atom. The molecule has 0 bridgehead atoms. The normalized spacial score (nSPS) is 27.4. The van der Waals surface area contributed by atoms with E-state index in [2.05, 4.69) is 16.0 Å². The molecule has 2 heterocycles. The van der Waals surface area contributed by atoms with Crippen LogP contribution in [0.1, 0.15) is 13.8 Å². The third kappa shape index (κ3) is 2.17. The van der Waals surface area contributed by atoms with Crippen LogP contribution in [0.2, 0.25) is 0 Å². The summed E-state index contributed by atoms with van der Waals surface area (Å²) >= 11 is 0. The lowest BCUT2D eigenvalue weighted by Gasteiger charge is -2.43. The maximum absolute atomic E-state index is 12.4. The molecule has 18 heavy (non-hydrogen) atoms. The van der Waals surface area contributed by atoms with Crippen molar-refractivity contribution < 1.29 is 14.4 Å². The SMILES string of the molecule is CC1(C)C(=O)NCCN1C(=O)C1CNC(=O)CN1. The highest BCUT2D eigenvalue weighted by Gasteiger charge is 2.42. The van der Waals surface area contributed by atoms with Crippen LogP contribution in [-0.4, -0.2) is 60.4 Å². The molecule has 1 atom stereocenters. The second kappa shape index (κ2) is 4.56. The number of rotatable bonds is 1. The molecule has 7 heteroatoms. The summed E-state index contributed by atoms with van der Waals surface area (Å²) in [6.45, 7) is 4.81. The zero-order chi connectivity index (χ0) is 13.3. The van der Waals surface area contributed by atoms with Crippen molar-refractivity contribution in [3.8, 4) is 0 Å². The fraction of sp³-hybridized carbons (Fsp3) is 0.727. The summed E-state index contributed by atoms with van der Waals surface area (Å²) in [4.78, 5) is 36.7. The van der Waals surface area contributed by atoms with Gasteiger partial charge in [0.1, 0.15) is 11.6 Å². The van der Waals surface area contributed by atoms with Crippen LogP contribution < -0.4 is 16.0 Å². The van der Waals surface area contributed by atoms with Crippen LogP contribution in [0.25, 0.3) is 0 Å². The van der Waals surface area contributed by atoms with Gasteiger partial charge in [-0.05, 0) is 13.8 Å². The van der Waals surface area contributed by atoms with Crippen molar-refractivity contribution in [1.82, 2.24) is 20.9 Å². The van der Waals surface area contributed by atoms with Gasteiger partial charge in [0.15, 0.2) is 0 Å². The molecule has 0 aromatic rings. The van der Waals surface area contributed by atoms with Crippen molar-refractivity contribution in [3.05, 3.63) is 0 Å². The number of carbonyl (C=O) groups excluding carboxylic acids is 3. The number of amides is 3. The smallest absolute Gasteiger partial charge is 0.245 e. The third-order valence-electron chi connectivity index (χ3n) is 3.43. The molecular weight excluding hydrogens is 236 g/mol. The Kier molecular flexibility index (Phi) is 3.25. The molecule has 0 spiro atoms. The summed E-state index contributed by atoms with van der Waals surface area (Å²) in [5.41, 5.74) is -0.849. The molecule has 3 amide bonds. The first-order valence-electron chi connectivity index (χ1n) is 6.03. The van der Waals surface area contributed by atoms with E-state index in [0.717, 1.165) is 0 Å². The Labute approximate surface area is 105 Å². The highest BCUT2D eigenvalue weighted by molar-refractivity contribution is 5.94. The second-order valence-electron chi connectivity index (χ2n) is 5.04. The summed E-state index contributed by atoms with van der Waals surface area (Å²) < 4.78 is 0. The van der Waals surface area contributed by atoms with E-state index in [1.54, 1.807) is 18.7 Å². The minimum absolute atomic E-state index is 0.116. The van der Waals surface area contributed by atoms with E-state index < -0.39 is 11.6 Å². The molecule has 7 nitrogen and oxygen atoms in total. The van der Waals surface area contributed by atoms with Crippen LogP contribution in [0.15, 0.2) is 0 Å². The first kappa shape index (κ1) is 12.8. The summed E-state index contributed by atoms with van der Waals surface area (Å²) in [7, 11) is 0. The van der Waals surface area contributed by atoms with Gasteiger partial charge < -0.3 is 15.5 Å². The van der Waals surface area contributed by atoms with Crippen LogP contribution in [0.4, 0.5) is 0 Å². The summed E-state index contributed by atoms with van der Waals surface area (Å²) in [6.07, 6.45) is 0. The van der Waals surface area contributed by atoms with Gasteiger partial charge in [0.2, 0.25) is 17.7 Å². The largest absolute Gasteiger partial charge is 0.353 e. The molecule has 0 saturated carbocycles. The van der Waals surface area contributed by atoms with Gasteiger partial charge in [-0.2, -0.15) is 0 Å². The van der Waals surface area contributed by atoms with Crippen molar-refractivity contribution in [1.29, 1.82) is 0 Å². The van der Waals surface area contributed by atoms with E-state index in [9.17, 15) is 14.4 Å². The van der Waals surface area contributed by atoms with Crippen molar-refractivity contribution in [2.75, 3.05) is 26.2 Å². The summed E-state index contributed by atoms with van der Waals surface area (Å²) in [5, 5.41) is 8.27. The molecule has 0 aromatic carbocycles. The molecule has 100 valence electrons. The lowest BCUT2D eigenvalue weighted by Crippen LogP contribution is -2.68. The Balaban J connectivity index is 2.08. The molecule has 0 radical (unpaired) electrons. The molecule has 1 unspecified atom stereocenters. The molecule has 2 aliphatic rings. The van der Waals surface area contributed by atoms with Gasteiger partial charge in [-0.3, -0.25) is 19.7 Å². The van der Waals surface area contributed by atoms with E-state index in [-0.39, 0.29) is 30.8 Å². The maximum atomic E-state index is 12.4. The Bertz CT molecular complexity index is 384. The zero-order valence-electron chi connectivity index (χ0n) is 10.6. The molecule has 2 aliphatic heterocycles. The van der Waals surface area contributed by atoms with Gasteiger partial charge in [-0.1, -0.05) is 0 Å². The number of nitrogens with one attached hydrogen (secondary N) is 3. The minimum atomic E-state index is -0.849. The average molecular weight is 254 g/mol. The van der Waals surface area contributed by atoms with Crippen LogP contribution in [0.5, 0.6) is 0 Å². The van der Waals surface area contributed by atoms with Gasteiger partial charge in [-0.25, -0.2) is 0 Å². The predicted octanol–water partition coefficient (Wildman–Crippen LogP) is -2.19. The van der Waals surface area contributed by atoms with Crippen molar-refractivity contribution in [3.63, 3.8) is 0 Å².